The number of hydrogen-bond donors (Lipinski definition) is 1. The van der Waals surface area contributed by atoms with Crippen LogP contribution in [0.1, 0.15) is 23.8 Å². The SMILES string of the molecule is CCC(C(=O)O)N(C)C(=O)c1ccc(Cl)nn1. The van der Waals surface area contributed by atoms with E-state index in [1.165, 1.54) is 19.2 Å². The molecule has 0 spiro atoms. The maximum atomic E-state index is 11.9. The smallest absolute Gasteiger partial charge is 0.326 e. The maximum absolute atomic E-state index is 11.9. The summed E-state index contributed by atoms with van der Waals surface area (Å²) in [5, 5.41) is 16.3. The zero-order chi connectivity index (χ0) is 13.0. The topological polar surface area (TPSA) is 83.4 Å². The largest absolute Gasteiger partial charge is 0.480 e. The average Bonchev–Trinajstić information content (AvgIpc) is 2.29. The van der Waals surface area contributed by atoms with Crippen LogP contribution in [-0.2, 0) is 4.79 Å². The van der Waals surface area contributed by atoms with E-state index in [0.717, 1.165) is 4.90 Å². The van der Waals surface area contributed by atoms with Crippen LogP contribution in [0.4, 0.5) is 0 Å². The van der Waals surface area contributed by atoms with Crippen molar-refractivity contribution in [2.45, 2.75) is 19.4 Å². The van der Waals surface area contributed by atoms with Crippen LogP contribution in [0.25, 0.3) is 0 Å². The molecule has 1 rings (SSSR count). The quantitative estimate of drug-likeness (QED) is 0.872. The van der Waals surface area contributed by atoms with Crippen molar-refractivity contribution in [1.82, 2.24) is 15.1 Å². The van der Waals surface area contributed by atoms with Gasteiger partial charge >= 0.3 is 5.97 Å². The molecule has 7 heteroatoms. The molecular formula is C10H12ClN3O3. The second kappa shape index (κ2) is 5.58. The summed E-state index contributed by atoms with van der Waals surface area (Å²) in [6.07, 6.45) is 0.318. The number of nitrogens with zero attached hydrogens (tertiary/aromatic N) is 3. The summed E-state index contributed by atoms with van der Waals surface area (Å²) in [6.45, 7) is 1.69. The fraction of sp³-hybridized carbons (Fsp3) is 0.400. The number of rotatable bonds is 4. The lowest BCUT2D eigenvalue weighted by Crippen LogP contribution is -2.42. The molecule has 0 radical (unpaired) electrons. The lowest BCUT2D eigenvalue weighted by Gasteiger charge is -2.22. The molecule has 0 saturated heterocycles. The molecule has 0 fully saturated rings. The Kier molecular flexibility index (Phi) is 4.39. The van der Waals surface area contributed by atoms with Gasteiger partial charge in [-0.15, -0.1) is 10.2 Å². The molecule has 1 amide bonds. The van der Waals surface area contributed by atoms with E-state index in [2.05, 4.69) is 10.2 Å². The number of likely N-dealkylation sites (N-methyl/N-ethyl adjacent to an activating group) is 1. The average molecular weight is 258 g/mol. The summed E-state index contributed by atoms with van der Waals surface area (Å²) in [7, 11) is 1.42. The fourth-order valence-corrected chi connectivity index (χ4v) is 1.47. The first kappa shape index (κ1) is 13.4. The lowest BCUT2D eigenvalue weighted by atomic mass is 10.2. The Balaban J connectivity index is 2.89. The number of amides is 1. The van der Waals surface area contributed by atoms with Crippen molar-refractivity contribution in [3.8, 4) is 0 Å². The van der Waals surface area contributed by atoms with E-state index < -0.39 is 17.9 Å². The van der Waals surface area contributed by atoms with E-state index in [9.17, 15) is 9.59 Å². The molecule has 1 aromatic heterocycles. The summed E-state index contributed by atoms with van der Waals surface area (Å²) in [6, 6.07) is 1.96. The van der Waals surface area contributed by atoms with Gasteiger partial charge in [-0.05, 0) is 18.6 Å². The molecule has 0 aromatic carbocycles. The number of hydrogen-bond acceptors (Lipinski definition) is 4. The van der Waals surface area contributed by atoms with Crippen LogP contribution in [0, 0.1) is 0 Å². The molecule has 0 aliphatic rings. The highest BCUT2D eigenvalue weighted by atomic mass is 35.5. The Hall–Kier alpha value is -1.69. The zero-order valence-corrected chi connectivity index (χ0v) is 10.2. The molecule has 1 heterocycles. The summed E-state index contributed by atoms with van der Waals surface area (Å²) in [5.41, 5.74) is 0.0663. The molecule has 1 unspecified atom stereocenters. The third-order valence-electron chi connectivity index (χ3n) is 2.31. The zero-order valence-electron chi connectivity index (χ0n) is 9.42. The van der Waals surface area contributed by atoms with E-state index in [-0.39, 0.29) is 10.8 Å². The number of carbonyl (C=O) groups excluding carboxylic acids is 1. The Morgan fingerprint density at radius 2 is 2.12 bits per heavy atom. The van der Waals surface area contributed by atoms with Gasteiger partial charge in [-0.1, -0.05) is 18.5 Å². The normalized spacial score (nSPS) is 11.9. The molecular weight excluding hydrogens is 246 g/mol. The van der Waals surface area contributed by atoms with E-state index in [1.54, 1.807) is 6.92 Å². The van der Waals surface area contributed by atoms with Crippen molar-refractivity contribution < 1.29 is 14.7 Å². The predicted octanol–water partition coefficient (Wildman–Crippen LogP) is 1.07. The van der Waals surface area contributed by atoms with Gasteiger partial charge in [0.25, 0.3) is 5.91 Å². The van der Waals surface area contributed by atoms with Crippen molar-refractivity contribution >= 4 is 23.5 Å². The van der Waals surface area contributed by atoms with Gasteiger partial charge in [0.1, 0.15) is 6.04 Å². The first-order valence-electron chi connectivity index (χ1n) is 4.96. The second-order valence-electron chi connectivity index (χ2n) is 3.42. The molecule has 0 bridgehead atoms. The summed E-state index contributed by atoms with van der Waals surface area (Å²) in [4.78, 5) is 23.9. The monoisotopic (exact) mass is 257 g/mol. The van der Waals surface area contributed by atoms with Crippen LogP contribution < -0.4 is 0 Å². The Morgan fingerprint density at radius 1 is 1.47 bits per heavy atom. The maximum Gasteiger partial charge on any atom is 0.326 e. The van der Waals surface area contributed by atoms with Crippen molar-refractivity contribution in [2.75, 3.05) is 7.05 Å². The molecule has 92 valence electrons. The van der Waals surface area contributed by atoms with Crippen LogP contribution in [0.3, 0.4) is 0 Å². The van der Waals surface area contributed by atoms with E-state index in [4.69, 9.17) is 16.7 Å². The highest BCUT2D eigenvalue weighted by molar-refractivity contribution is 6.29. The number of carboxylic acid groups (broad SMARTS) is 1. The lowest BCUT2D eigenvalue weighted by molar-refractivity contribution is -0.142. The molecule has 0 aliphatic carbocycles. The molecule has 1 aromatic rings. The fourth-order valence-electron chi connectivity index (χ4n) is 1.37. The summed E-state index contributed by atoms with van der Waals surface area (Å²) < 4.78 is 0. The minimum atomic E-state index is -1.05. The number of aromatic nitrogens is 2. The van der Waals surface area contributed by atoms with Crippen molar-refractivity contribution in [3.05, 3.63) is 23.0 Å². The Bertz CT molecular complexity index is 421. The number of carboxylic acids is 1. The molecule has 17 heavy (non-hydrogen) atoms. The molecule has 0 aliphatic heterocycles. The second-order valence-corrected chi connectivity index (χ2v) is 3.81. The Labute approximate surface area is 103 Å². The Morgan fingerprint density at radius 3 is 2.53 bits per heavy atom. The van der Waals surface area contributed by atoms with E-state index in [1.807, 2.05) is 0 Å². The van der Waals surface area contributed by atoms with Crippen molar-refractivity contribution in [3.63, 3.8) is 0 Å². The standard InChI is InChI=1S/C10H12ClN3O3/c1-3-7(10(16)17)14(2)9(15)6-4-5-8(11)13-12-6/h4-5,7H,3H2,1-2H3,(H,16,17). The highest BCUT2D eigenvalue weighted by Gasteiger charge is 2.26. The highest BCUT2D eigenvalue weighted by Crippen LogP contribution is 2.08. The van der Waals surface area contributed by atoms with Crippen LogP contribution in [0.2, 0.25) is 5.15 Å². The third kappa shape index (κ3) is 3.13. The van der Waals surface area contributed by atoms with Gasteiger partial charge in [0.15, 0.2) is 10.8 Å². The molecule has 1 N–H and O–H groups in total. The number of aliphatic carboxylic acids is 1. The number of carbonyl (C=O) groups is 2. The first-order chi connectivity index (χ1) is 7.97. The molecule has 6 nitrogen and oxygen atoms in total. The third-order valence-corrected chi connectivity index (χ3v) is 2.51. The van der Waals surface area contributed by atoms with Crippen LogP contribution in [0.15, 0.2) is 12.1 Å². The first-order valence-corrected chi connectivity index (χ1v) is 5.34. The van der Waals surface area contributed by atoms with Gasteiger partial charge in [0.05, 0.1) is 0 Å². The van der Waals surface area contributed by atoms with Crippen LogP contribution >= 0.6 is 11.6 Å². The van der Waals surface area contributed by atoms with Gasteiger partial charge in [0, 0.05) is 7.05 Å². The molecule has 1 atom stereocenters. The van der Waals surface area contributed by atoms with Crippen molar-refractivity contribution in [1.29, 1.82) is 0 Å². The predicted molar refractivity (Wildman–Crippen MR) is 60.9 cm³/mol. The van der Waals surface area contributed by atoms with E-state index in [0.29, 0.717) is 6.42 Å². The van der Waals surface area contributed by atoms with E-state index >= 15 is 0 Å². The van der Waals surface area contributed by atoms with Gasteiger partial charge in [0.2, 0.25) is 0 Å². The van der Waals surface area contributed by atoms with Crippen LogP contribution in [0.5, 0.6) is 0 Å². The minimum Gasteiger partial charge on any atom is -0.480 e. The van der Waals surface area contributed by atoms with Crippen LogP contribution in [-0.4, -0.2) is 45.2 Å². The molecule has 0 saturated carbocycles. The number of halogens is 1. The summed E-state index contributed by atoms with van der Waals surface area (Å²) >= 11 is 5.54. The van der Waals surface area contributed by atoms with Crippen molar-refractivity contribution in [2.24, 2.45) is 0 Å². The van der Waals surface area contributed by atoms with Gasteiger partial charge < -0.3 is 10.0 Å². The van der Waals surface area contributed by atoms with Gasteiger partial charge in [-0.2, -0.15) is 0 Å². The minimum absolute atomic E-state index is 0.0663. The van der Waals surface area contributed by atoms with Gasteiger partial charge in [-0.25, -0.2) is 4.79 Å². The van der Waals surface area contributed by atoms with Gasteiger partial charge in [-0.3, -0.25) is 4.79 Å². The summed E-state index contributed by atoms with van der Waals surface area (Å²) in [5.74, 6) is -1.55.